The Balaban J connectivity index is 1.77. The first-order valence-corrected chi connectivity index (χ1v) is 9.68. The fraction of sp³-hybridized carbons (Fsp3) is 0.200. The molecule has 1 aromatic heterocycles. The van der Waals surface area contributed by atoms with Gasteiger partial charge >= 0.3 is 0 Å². The van der Waals surface area contributed by atoms with Gasteiger partial charge in [-0.05, 0) is 56.2 Å². The van der Waals surface area contributed by atoms with Crippen LogP contribution in [0.15, 0.2) is 63.9 Å². The highest BCUT2D eigenvalue weighted by Crippen LogP contribution is 2.36. The lowest BCUT2D eigenvalue weighted by Gasteiger charge is -2.20. The number of nitrogens with zero attached hydrogens (tertiary/aromatic N) is 1. The molecule has 0 N–H and O–H groups in total. The van der Waals surface area contributed by atoms with Crippen LogP contribution in [0.1, 0.15) is 16.9 Å². The van der Waals surface area contributed by atoms with Crippen LogP contribution >= 0.6 is 0 Å². The predicted octanol–water partition coefficient (Wildman–Crippen LogP) is 4.31. The van der Waals surface area contributed by atoms with Crippen LogP contribution in [0.3, 0.4) is 0 Å². The average molecular weight is 353 g/mol. The third-order valence-electron chi connectivity index (χ3n) is 4.57. The van der Waals surface area contributed by atoms with Crippen molar-refractivity contribution in [3.8, 4) is 11.3 Å². The van der Waals surface area contributed by atoms with E-state index in [4.69, 9.17) is 4.42 Å². The molecule has 128 valence electrons. The zero-order valence-corrected chi connectivity index (χ0v) is 15.0. The van der Waals surface area contributed by atoms with Crippen LogP contribution in [0.25, 0.3) is 11.3 Å². The lowest BCUT2D eigenvalue weighted by atomic mass is 10.1. The summed E-state index contributed by atoms with van der Waals surface area (Å²) in [5, 5.41) is 0. The number of hydrogen-bond donors (Lipinski definition) is 0. The second-order valence-corrected chi connectivity index (χ2v) is 8.26. The highest BCUT2D eigenvalue weighted by Gasteiger charge is 2.31. The maximum absolute atomic E-state index is 13.1. The molecule has 4 rings (SSSR count). The molecule has 4 nitrogen and oxygen atoms in total. The molecule has 0 bridgehead atoms. The van der Waals surface area contributed by atoms with Gasteiger partial charge in [0.15, 0.2) is 0 Å². The first-order chi connectivity index (χ1) is 11.9. The first-order valence-electron chi connectivity index (χ1n) is 8.24. The number of aryl methyl sites for hydroxylation is 2. The molecule has 0 radical (unpaired) electrons. The molecular formula is C20H19NO3S. The smallest absolute Gasteiger partial charge is 0.264 e. The van der Waals surface area contributed by atoms with Gasteiger partial charge in [-0.15, -0.1) is 0 Å². The van der Waals surface area contributed by atoms with E-state index in [9.17, 15) is 8.42 Å². The minimum absolute atomic E-state index is 0.324. The summed E-state index contributed by atoms with van der Waals surface area (Å²) in [5.74, 6) is 1.58. The monoisotopic (exact) mass is 353 g/mol. The second-order valence-electron chi connectivity index (χ2n) is 6.39. The van der Waals surface area contributed by atoms with Crippen molar-refractivity contribution in [1.82, 2.24) is 0 Å². The molecule has 0 saturated carbocycles. The zero-order chi connectivity index (χ0) is 17.6. The van der Waals surface area contributed by atoms with Crippen LogP contribution in [0.4, 0.5) is 5.69 Å². The predicted molar refractivity (Wildman–Crippen MR) is 98.3 cm³/mol. The zero-order valence-electron chi connectivity index (χ0n) is 14.2. The van der Waals surface area contributed by atoms with Crippen molar-refractivity contribution >= 4 is 15.7 Å². The maximum atomic E-state index is 13.1. The summed E-state index contributed by atoms with van der Waals surface area (Å²) >= 11 is 0. The average Bonchev–Trinajstić information content (AvgIpc) is 3.21. The maximum Gasteiger partial charge on any atom is 0.264 e. The van der Waals surface area contributed by atoms with Crippen molar-refractivity contribution in [2.24, 2.45) is 0 Å². The van der Waals surface area contributed by atoms with Crippen molar-refractivity contribution in [2.45, 2.75) is 25.2 Å². The third kappa shape index (κ3) is 2.74. The normalized spacial score (nSPS) is 13.9. The number of hydrogen-bond acceptors (Lipinski definition) is 3. The molecule has 0 spiro atoms. The number of fused-ring (bicyclic) bond motifs is 1. The molecule has 0 saturated heterocycles. The molecule has 0 amide bonds. The van der Waals surface area contributed by atoms with E-state index in [0.29, 0.717) is 11.4 Å². The third-order valence-corrected chi connectivity index (χ3v) is 6.40. The van der Waals surface area contributed by atoms with Gasteiger partial charge in [0.1, 0.15) is 11.5 Å². The summed E-state index contributed by atoms with van der Waals surface area (Å²) in [7, 11) is -3.56. The number of furan rings is 1. The largest absolute Gasteiger partial charge is 0.461 e. The standard InChI is InChI=1S/C20H19NO3S/c1-14-3-8-18(9-4-14)25(22,23)21-12-11-16-6-7-17(13-19(16)21)20-10-5-15(2)24-20/h3-10,13H,11-12H2,1-2H3. The molecule has 0 unspecified atom stereocenters. The van der Waals surface area contributed by atoms with E-state index in [1.54, 1.807) is 12.1 Å². The number of sulfonamides is 1. The van der Waals surface area contributed by atoms with E-state index in [1.165, 1.54) is 4.31 Å². The van der Waals surface area contributed by atoms with Crippen LogP contribution in [-0.4, -0.2) is 15.0 Å². The van der Waals surface area contributed by atoms with Crippen molar-refractivity contribution in [1.29, 1.82) is 0 Å². The van der Waals surface area contributed by atoms with Crippen LogP contribution in [-0.2, 0) is 16.4 Å². The molecule has 25 heavy (non-hydrogen) atoms. The molecule has 2 heterocycles. The molecule has 2 aromatic carbocycles. The van der Waals surface area contributed by atoms with E-state index in [2.05, 4.69) is 0 Å². The van der Waals surface area contributed by atoms with Crippen LogP contribution in [0, 0.1) is 13.8 Å². The van der Waals surface area contributed by atoms with Gasteiger partial charge in [-0.25, -0.2) is 8.42 Å². The van der Waals surface area contributed by atoms with Gasteiger partial charge < -0.3 is 4.42 Å². The molecule has 1 aliphatic rings. The van der Waals surface area contributed by atoms with E-state index in [1.807, 2.05) is 56.3 Å². The second kappa shape index (κ2) is 5.77. The lowest BCUT2D eigenvalue weighted by Crippen LogP contribution is -2.29. The summed E-state index contributed by atoms with van der Waals surface area (Å²) in [4.78, 5) is 0.324. The Morgan fingerprint density at radius 2 is 1.72 bits per heavy atom. The summed E-state index contributed by atoms with van der Waals surface area (Å²) in [6.07, 6.45) is 0.720. The number of rotatable bonds is 3. The van der Waals surface area contributed by atoms with Crippen molar-refractivity contribution in [3.05, 3.63) is 71.5 Å². The number of anilines is 1. The van der Waals surface area contributed by atoms with E-state index in [-0.39, 0.29) is 0 Å². The Labute approximate surface area is 147 Å². The SMILES string of the molecule is Cc1ccc(S(=O)(=O)N2CCc3ccc(-c4ccc(C)o4)cc32)cc1. The van der Waals surface area contributed by atoms with Crippen LogP contribution < -0.4 is 4.31 Å². The Morgan fingerprint density at radius 1 is 0.960 bits per heavy atom. The lowest BCUT2D eigenvalue weighted by molar-refractivity contribution is 0.548. The first kappa shape index (κ1) is 16.0. The Bertz CT molecular complexity index is 1030. The van der Waals surface area contributed by atoms with Crippen LogP contribution in [0.2, 0.25) is 0 Å². The summed E-state index contributed by atoms with van der Waals surface area (Å²) in [5.41, 5.74) is 3.71. The van der Waals surface area contributed by atoms with Crippen molar-refractivity contribution in [3.63, 3.8) is 0 Å². The fourth-order valence-electron chi connectivity index (χ4n) is 3.18. The molecule has 0 aliphatic carbocycles. The van der Waals surface area contributed by atoms with Crippen molar-refractivity contribution < 1.29 is 12.8 Å². The molecule has 3 aromatic rings. The fourth-order valence-corrected chi connectivity index (χ4v) is 4.68. The molecule has 0 atom stereocenters. The number of benzene rings is 2. The topological polar surface area (TPSA) is 50.5 Å². The highest BCUT2D eigenvalue weighted by molar-refractivity contribution is 7.92. The van der Waals surface area contributed by atoms with Gasteiger partial charge in [-0.3, -0.25) is 4.31 Å². The van der Waals surface area contributed by atoms with Crippen LogP contribution in [0.5, 0.6) is 0 Å². The highest BCUT2D eigenvalue weighted by atomic mass is 32.2. The minimum Gasteiger partial charge on any atom is -0.461 e. The van der Waals surface area contributed by atoms with Gasteiger partial charge in [-0.2, -0.15) is 0 Å². The van der Waals surface area contributed by atoms with Gasteiger partial charge in [0.25, 0.3) is 10.0 Å². The Hall–Kier alpha value is -2.53. The Kier molecular flexibility index (Phi) is 3.69. The molecule has 0 fully saturated rings. The van der Waals surface area contributed by atoms with Crippen molar-refractivity contribution in [2.75, 3.05) is 10.8 Å². The summed E-state index contributed by atoms with van der Waals surface area (Å²) in [6.45, 7) is 4.30. The summed E-state index contributed by atoms with van der Waals surface area (Å²) < 4.78 is 33.3. The Morgan fingerprint density at radius 3 is 2.40 bits per heavy atom. The molecule has 1 aliphatic heterocycles. The van der Waals surface area contributed by atoms with E-state index < -0.39 is 10.0 Å². The molecule has 5 heteroatoms. The molecular weight excluding hydrogens is 334 g/mol. The van der Waals surface area contributed by atoms with Gasteiger partial charge in [-0.1, -0.05) is 29.8 Å². The quantitative estimate of drug-likeness (QED) is 0.705. The van der Waals surface area contributed by atoms with E-state index >= 15 is 0 Å². The minimum atomic E-state index is -3.56. The van der Waals surface area contributed by atoms with Gasteiger partial charge in [0.2, 0.25) is 0 Å². The van der Waals surface area contributed by atoms with Gasteiger partial charge in [0.05, 0.1) is 10.6 Å². The summed E-state index contributed by atoms with van der Waals surface area (Å²) in [6, 6.07) is 16.7. The van der Waals surface area contributed by atoms with Gasteiger partial charge in [0, 0.05) is 12.1 Å². The van der Waals surface area contributed by atoms with E-state index in [0.717, 1.165) is 40.3 Å².